The van der Waals surface area contributed by atoms with Gasteiger partial charge in [-0.2, -0.15) is 0 Å². The molecule has 0 aromatic heterocycles. The van der Waals surface area contributed by atoms with Crippen LogP contribution in [-0.2, 0) is 6.42 Å². The first kappa shape index (κ1) is 14.1. The fourth-order valence-corrected chi connectivity index (χ4v) is 2.88. The molecule has 0 aliphatic carbocycles. The molecule has 3 aromatic rings. The van der Waals surface area contributed by atoms with Crippen LogP contribution < -0.4 is 0 Å². The molecule has 0 aliphatic rings. The number of halogens is 1. The zero-order chi connectivity index (χ0) is 14.7. The molecule has 106 valence electrons. The predicted octanol–water partition coefficient (Wildman–Crippen LogP) is 4.81. The summed E-state index contributed by atoms with van der Waals surface area (Å²) in [5, 5.41) is 13.0. The highest BCUT2D eigenvalue weighted by molar-refractivity contribution is 6.30. The smallest absolute Gasteiger partial charge is 0.0502 e. The van der Waals surface area contributed by atoms with Crippen molar-refractivity contribution in [2.45, 2.75) is 12.3 Å². The van der Waals surface area contributed by atoms with E-state index in [9.17, 15) is 5.11 Å². The maximum atomic E-state index is 9.75. The van der Waals surface area contributed by atoms with Crippen LogP contribution in [0, 0.1) is 0 Å². The first-order valence-electron chi connectivity index (χ1n) is 7.11. The molecule has 1 N–H and O–H groups in total. The third kappa shape index (κ3) is 3.10. The average Bonchev–Trinajstić information content (AvgIpc) is 2.54. The second-order valence-corrected chi connectivity index (χ2v) is 5.71. The van der Waals surface area contributed by atoms with Gasteiger partial charge in [0.25, 0.3) is 0 Å². The van der Waals surface area contributed by atoms with Crippen molar-refractivity contribution in [2.24, 2.45) is 0 Å². The lowest BCUT2D eigenvalue weighted by Gasteiger charge is -2.16. The zero-order valence-electron chi connectivity index (χ0n) is 11.7. The van der Waals surface area contributed by atoms with Gasteiger partial charge in [-0.25, -0.2) is 0 Å². The monoisotopic (exact) mass is 296 g/mol. The van der Waals surface area contributed by atoms with Gasteiger partial charge in [-0.3, -0.25) is 0 Å². The predicted molar refractivity (Wildman–Crippen MR) is 88.9 cm³/mol. The fourth-order valence-electron chi connectivity index (χ4n) is 2.76. The Balaban J connectivity index is 1.94. The van der Waals surface area contributed by atoms with Crippen molar-refractivity contribution in [3.63, 3.8) is 0 Å². The number of fused-ring (bicyclic) bond motifs is 1. The maximum absolute atomic E-state index is 9.75. The largest absolute Gasteiger partial charge is 0.396 e. The normalized spacial score (nSPS) is 12.5. The van der Waals surface area contributed by atoms with Crippen LogP contribution in [0.2, 0.25) is 5.02 Å². The Morgan fingerprint density at radius 1 is 0.857 bits per heavy atom. The highest BCUT2D eigenvalue weighted by atomic mass is 35.5. The number of benzene rings is 3. The first-order valence-corrected chi connectivity index (χ1v) is 7.48. The standard InChI is InChI=1S/C19H17ClO/c20-18-10-8-14(9-11-18)17(13-21)12-16-6-3-5-15-4-1-2-7-19(15)16/h1-11,17,21H,12-13H2. The molecular formula is C19H17ClO. The summed E-state index contributed by atoms with van der Waals surface area (Å²) in [4.78, 5) is 0. The van der Waals surface area contributed by atoms with Gasteiger partial charge in [0.1, 0.15) is 0 Å². The molecule has 0 fully saturated rings. The molecule has 0 saturated carbocycles. The van der Waals surface area contributed by atoms with Crippen molar-refractivity contribution >= 4 is 22.4 Å². The van der Waals surface area contributed by atoms with Gasteiger partial charge >= 0.3 is 0 Å². The first-order chi connectivity index (χ1) is 10.3. The van der Waals surface area contributed by atoms with E-state index in [0.717, 1.165) is 17.0 Å². The molecule has 0 heterocycles. The summed E-state index contributed by atoms with van der Waals surface area (Å²) in [6.45, 7) is 0.130. The molecule has 21 heavy (non-hydrogen) atoms. The molecule has 0 bridgehead atoms. The molecule has 3 aromatic carbocycles. The van der Waals surface area contributed by atoms with Crippen molar-refractivity contribution in [2.75, 3.05) is 6.61 Å². The molecular weight excluding hydrogens is 280 g/mol. The molecule has 0 amide bonds. The Bertz CT molecular complexity index is 729. The third-order valence-electron chi connectivity index (χ3n) is 3.91. The van der Waals surface area contributed by atoms with Gasteiger partial charge in [0.2, 0.25) is 0 Å². The van der Waals surface area contributed by atoms with Crippen LogP contribution in [0.25, 0.3) is 10.8 Å². The van der Waals surface area contributed by atoms with Crippen LogP contribution in [0.3, 0.4) is 0 Å². The lowest BCUT2D eigenvalue weighted by atomic mass is 9.90. The Kier molecular flexibility index (Phi) is 4.23. The van der Waals surface area contributed by atoms with E-state index in [4.69, 9.17) is 11.6 Å². The summed E-state index contributed by atoms with van der Waals surface area (Å²) >= 11 is 5.94. The third-order valence-corrected chi connectivity index (χ3v) is 4.16. The summed E-state index contributed by atoms with van der Waals surface area (Å²) in [6, 6.07) is 22.4. The van der Waals surface area contributed by atoms with Gasteiger partial charge in [0.15, 0.2) is 0 Å². The topological polar surface area (TPSA) is 20.2 Å². The van der Waals surface area contributed by atoms with Crippen LogP contribution in [0.4, 0.5) is 0 Å². The fraction of sp³-hybridized carbons (Fsp3) is 0.158. The van der Waals surface area contributed by atoms with Crippen LogP contribution >= 0.6 is 11.6 Å². The lowest BCUT2D eigenvalue weighted by molar-refractivity contribution is 0.264. The molecule has 0 aliphatic heterocycles. The Morgan fingerprint density at radius 3 is 2.33 bits per heavy atom. The quantitative estimate of drug-likeness (QED) is 0.732. The number of rotatable bonds is 4. The van der Waals surface area contributed by atoms with Crippen molar-refractivity contribution in [1.82, 2.24) is 0 Å². The van der Waals surface area contributed by atoms with Crippen molar-refractivity contribution in [1.29, 1.82) is 0 Å². The molecule has 0 spiro atoms. The van der Waals surface area contributed by atoms with Gasteiger partial charge in [-0.1, -0.05) is 66.2 Å². The van der Waals surface area contributed by atoms with Crippen LogP contribution in [-0.4, -0.2) is 11.7 Å². The second kappa shape index (κ2) is 6.30. The van der Waals surface area contributed by atoms with E-state index in [2.05, 4.69) is 42.5 Å². The number of hydrogen-bond acceptors (Lipinski definition) is 1. The minimum Gasteiger partial charge on any atom is -0.396 e. The van der Waals surface area contributed by atoms with E-state index in [1.54, 1.807) is 0 Å². The molecule has 0 radical (unpaired) electrons. The van der Waals surface area contributed by atoms with Crippen LogP contribution in [0.15, 0.2) is 66.7 Å². The van der Waals surface area contributed by atoms with Crippen molar-refractivity contribution in [3.8, 4) is 0 Å². The highest BCUT2D eigenvalue weighted by Crippen LogP contribution is 2.26. The average molecular weight is 297 g/mol. The molecule has 3 rings (SSSR count). The second-order valence-electron chi connectivity index (χ2n) is 5.27. The van der Waals surface area contributed by atoms with Crippen LogP contribution in [0.1, 0.15) is 17.0 Å². The molecule has 1 nitrogen and oxygen atoms in total. The maximum Gasteiger partial charge on any atom is 0.0502 e. The van der Waals surface area contributed by atoms with E-state index in [0.29, 0.717) is 0 Å². The number of hydrogen-bond donors (Lipinski definition) is 1. The Morgan fingerprint density at radius 2 is 1.57 bits per heavy atom. The minimum absolute atomic E-state index is 0.0908. The van der Waals surface area contributed by atoms with E-state index >= 15 is 0 Å². The van der Waals surface area contributed by atoms with E-state index in [1.807, 2.05) is 24.3 Å². The van der Waals surface area contributed by atoms with Gasteiger partial charge in [-0.05, 0) is 40.5 Å². The lowest BCUT2D eigenvalue weighted by Crippen LogP contribution is -2.08. The van der Waals surface area contributed by atoms with Crippen molar-refractivity contribution in [3.05, 3.63) is 82.9 Å². The van der Waals surface area contributed by atoms with Gasteiger partial charge in [0.05, 0.1) is 6.61 Å². The summed E-state index contributed by atoms with van der Waals surface area (Å²) < 4.78 is 0. The summed E-state index contributed by atoms with van der Waals surface area (Å²) in [6.07, 6.45) is 0.819. The SMILES string of the molecule is OCC(Cc1cccc2ccccc12)c1ccc(Cl)cc1. The summed E-state index contributed by atoms with van der Waals surface area (Å²) in [5.41, 5.74) is 2.39. The van der Waals surface area contributed by atoms with Gasteiger partial charge in [0, 0.05) is 10.9 Å². The molecule has 0 saturated heterocycles. The van der Waals surface area contributed by atoms with E-state index in [-0.39, 0.29) is 12.5 Å². The van der Waals surface area contributed by atoms with Gasteiger partial charge < -0.3 is 5.11 Å². The zero-order valence-corrected chi connectivity index (χ0v) is 12.4. The number of aliphatic hydroxyl groups excluding tert-OH is 1. The molecule has 1 unspecified atom stereocenters. The van der Waals surface area contributed by atoms with Crippen LogP contribution in [0.5, 0.6) is 0 Å². The molecule has 1 atom stereocenters. The van der Waals surface area contributed by atoms with E-state index < -0.39 is 0 Å². The van der Waals surface area contributed by atoms with Gasteiger partial charge in [-0.15, -0.1) is 0 Å². The Labute approximate surface area is 129 Å². The summed E-state index contributed by atoms with van der Waals surface area (Å²) in [5.74, 6) is 0.0908. The van der Waals surface area contributed by atoms with E-state index in [1.165, 1.54) is 16.3 Å². The Hall–Kier alpha value is -1.83. The minimum atomic E-state index is 0.0908. The highest BCUT2D eigenvalue weighted by Gasteiger charge is 2.13. The summed E-state index contributed by atoms with van der Waals surface area (Å²) in [7, 11) is 0. The molecule has 2 heteroatoms. The number of aliphatic hydroxyl groups is 1. The van der Waals surface area contributed by atoms with Crippen molar-refractivity contribution < 1.29 is 5.11 Å².